The zero-order valence-corrected chi connectivity index (χ0v) is 12.4. The van der Waals surface area contributed by atoms with Crippen molar-refractivity contribution in [2.75, 3.05) is 5.73 Å². The monoisotopic (exact) mass is 299 g/mol. The fourth-order valence-corrected chi connectivity index (χ4v) is 3.45. The van der Waals surface area contributed by atoms with Gasteiger partial charge in [0.25, 0.3) is 0 Å². The Kier molecular flexibility index (Phi) is 3.86. The van der Waals surface area contributed by atoms with Gasteiger partial charge in [0.05, 0.1) is 0 Å². The number of thioether (sulfide) groups is 1. The zero-order chi connectivity index (χ0) is 13.9. The van der Waals surface area contributed by atoms with E-state index in [0.717, 1.165) is 21.4 Å². The Morgan fingerprint density at radius 2 is 1.75 bits per heavy atom. The number of anilines is 1. The third kappa shape index (κ3) is 2.77. The highest BCUT2D eigenvalue weighted by Crippen LogP contribution is 2.32. The predicted molar refractivity (Wildman–Crippen MR) is 89.4 cm³/mol. The Morgan fingerprint density at radius 1 is 0.950 bits per heavy atom. The Balaban J connectivity index is 1.89. The molecule has 0 radical (unpaired) electrons. The first kappa shape index (κ1) is 13.3. The Bertz CT molecular complexity index is 750. The Labute approximate surface area is 127 Å². The molecular weight excluding hydrogens is 286 g/mol. The van der Waals surface area contributed by atoms with Crippen LogP contribution in [0.2, 0.25) is 5.02 Å². The summed E-state index contributed by atoms with van der Waals surface area (Å²) in [4.78, 5) is 1.03. The fraction of sp³-hybridized carbons (Fsp3) is 0.0588. The standard InChI is InChI=1S/C17H14ClNS/c18-14-8-9-16(19)17(10-14)20-11-13-6-3-5-12-4-1-2-7-15(12)13/h1-10H,11,19H2. The second-order valence-electron chi connectivity index (χ2n) is 4.61. The van der Waals surface area contributed by atoms with Gasteiger partial charge >= 0.3 is 0 Å². The van der Waals surface area contributed by atoms with E-state index < -0.39 is 0 Å². The average molecular weight is 300 g/mol. The smallest absolute Gasteiger partial charge is 0.0453 e. The summed E-state index contributed by atoms with van der Waals surface area (Å²) in [5.74, 6) is 0.881. The lowest BCUT2D eigenvalue weighted by Gasteiger charge is -2.08. The number of nitrogens with two attached hydrogens (primary N) is 1. The summed E-state index contributed by atoms with van der Waals surface area (Å²) in [6, 6.07) is 20.4. The van der Waals surface area contributed by atoms with Gasteiger partial charge in [-0.1, -0.05) is 54.1 Å². The van der Waals surface area contributed by atoms with Gasteiger partial charge in [-0.3, -0.25) is 0 Å². The molecule has 0 saturated heterocycles. The van der Waals surface area contributed by atoms with Crippen molar-refractivity contribution >= 4 is 39.8 Å². The van der Waals surface area contributed by atoms with Crippen LogP contribution in [-0.2, 0) is 5.75 Å². The third-order valence-corrected chi connectivity index (χ3v) is 4.59. The summed E-state index contributed by atoms with van der Waals surface area (Å²) in [5, 5.41) is 3.28. The van der Waals surface area contributed by atoms with Crippen LogP contribution in [0.3, 0.4) is 0 Å². The van der Waals surface area contributed by atoms with Crippen LogP contribution in [0, 0.1) is 0 Å². The SMILES string of the molecule is Nc1ccc(Cl)cc1SCc1cccc2ccccc12. The molecule has 100 valence electrons. The number of benzene rings is 3. The van der Waals surface area contributed by atoms with Gasteiger partial charge in [-0.15, -0.1) is 11.8 Å². The lowest BCUT2D eigenvalue weighted by Crippen LogP contribution is -1.89. The maximum atomic E-state index is 6.02. The molecule has 0 heterocycles. The van der Waals surface area contributed by atoms with E-state index >= 15 is 0 Å². The van der Waals surface area contributed by atoms with Gasteiger partial charge in [-0.2, -0.15) is 0 Å². The van der Waals surface area contributed by atoms with Crippen molar-refractivity contribution in [2.24, 2.45) is 0 Å². The molecule has 0 spiro atoms. The van der Waals surface area contributed by atoms with Crippen LogP contribution in [0.25, 0.3) is 10.8 Å². The van der Waals surface area contributed by atoms with E-state index in [-0.39, 0.29) is 0 Å². The molecule has 0 aliphatic carbocycles. The molecule has 0 saturated carbocycles. The Morgan fingerprint density at radius 3 is 2.65 bits per heavy atom. The van der Waals surface area contributed by atoms with E-state index in [2.05, 4.69) is 42.5 Å². The summed E-state index contributed by atoms with van der Waals surface area (Å²) in [5.41, 5.74) is 8.08. The van der Waals surface area contributed by atoms with E-state index in [1.165, 1.54) is 16.3 Å². The maximum Gasteiger partial charge on any atom is 0.0453 e. The summed E-state index contributed by atoms with van der Waals surface area (Å²) >= 11 is 7.74. The van der Waals surface area contributed by atoms with Crippen LogP contribution in [0.4, 0.5) is 5.69 Å². The lowest BCUT2D eigenvalue weighted by molar-refractivity contribution is 1.41. The van der Waals surface area contributed by atoms with E-state index in [9.17, 15) is 0 Å². The van der Waals surface area contributed by atoms with Crippen molar-refractivity contribution in [2.45, 2.75) is 10.6 Å². The summed E-state index contributed by atoms with van der Waals surface area (Å²) in [7, 11) is 0. The molecule has 20 heavy (non-hydrogen) atoms. The molecule has 0 bridgehead atoms. The van der Waals surface area contributed by atoms with Crippen LogP contribution >= 0.6 is 23.4 Å². The topological polar surface area (TPSA) is 26.0 Å². The molecule has 3 rings (SSSR count). The number of halogens is 1. The van der Waals surface area contributed by atoms with Crippen LogP contribution in [-0.4, -0.2) is 0 Å². The number of fused-ring (bicyclic) bond motifs is 1. The minimum atomic E-state index is 0.722. The van der Waals surface area contributed by atoms with Gasteiger partial charge in [0.1, 0.15) is 0 Å². The average Bonchev–Trinajstić information content (AvgIpc) is 2.48. The van der Waals surface area contributed by atoms with Crippen LogP contribution < -0.4 is 5.73 Å². The fourth-order valence-electron chi connectivity index (χ4n) is 2.21. The summed E-state index contributed by atoms with van der Waals surface area (Å²) < 4.78 is 0. The van der Waals surface area contributed by atoms with Crippen LogP contribution in [0.15, 0.2) is 65.6 Å². The van der Waals surface area contributed by atoms with Crippen molar-refractivity contribution in [1.82, 2.24) is 0 Å². The van der Waals surface area contributed by atoms with E-state index in [4.69, 9.17) is 17.3 Å². The summed E-state index contributed by atoms with van der Waals surface area (Å²) in [6.45, 7) is 0. The van der Waals surface area contributed by atoms with Crippen LogP contribution in [0.1, 0.15) is 5.56 Å². The van der Waals surface area contributed by atoms with Crippen molar-refractivity contribution in [3.63, 3.8) is 0 Å². The summed E-state index contributed by atoms with van der Waals surface area (Å²) in [6.07, 6.45) is 0. The molecule has 3 aromatic carbocycles. The molecule has 0 aliphatic heterocycles. The number of rotatable bonds is 3. The predicted octanol–water partition coefficient (Wildman–Crippen LogP) is 5.37. The first-order valence-electron chi connectivity index (χ1n) is 6.38. The third-order valence-electron chi connectivity index (χ3n) is 3.24. The normalized spacial score (nSPS) is 10.8. The molecule has 2 N–H and O–H groups in total. The lowest BCUT2D eigenvalue weighted by atomic mass is 10.1. The molecule has 0 atom stereocenters. The highest BCUT2D eigenvalue weighted by molar-refractivity contribution is 7.98. The highest BCUT2D eigenvalue weighted by atomic mass is 35.5. The minimum Gasteiger partial charge on any atom is -0.398 e. The number of hydrogen-bond donors (Lipinski definition) is 1. The van der Waals surface area contributed by atoms with Crippen LogP contribution in [0.5, 0.6) is 0 Å². The van der Waals surface area contributed by atoms with Crippen molar-refractivity contribution < 1.29 is 0 Å². The molecule has 0 unspecified atom stereocenters. The molecule has 0 amide bonds. The molecule has 1 nitrogen and oxygen atoms in total. The van der Waals surface area contributed by atoms with E-state index in [0.29, 0.717) is 0 Å². The Hall–Kier alpha value is -1.64. The molecule has 0 aliphatic rings. The van der Waals surface area contributed by atoms with Gasteiger partial charge in [-0.25, -0.2) is 0 Å². The second kappa shape index (κ2) is 5.78. The van der Waals surface area contributed by atoms with E-state index in [1.807, 2.05) is 18.2 Å². The molecular formula is C17H14ClNS. The quantitative estimate of drug-likeness (QED) is 0.520. The largest absolute Gasteiger partial charge is 0.398 e. The van der Waals surface area contributed by atoms with Gasteiger partial charge in [0.2, 0.25) is 0 Å². The molecule has 3 aromatic rings. The number of nitrogen functional groups attached to an aromatic ring is 1. The van der Waals surface area contributed by atoms with Crippen molar-refractivity contribution in [3.8, 4) is 0 Å². The first-order valence-corrected chi connectivity index (χ1v) is 7.75. The minimum absolute atomic E-state index is 0.722. The highest BCUT2D eigenvalue weighted by Gasteiger charge is 2.04. The van der Waals surface area contributed by atoms with Crippen molar-refractivity contribution in [1.29, 1.82) is 0 Å². The molecule has 0 fully saturated rings. The molecule has 3 heteroatoms. The first-order chi connectivity index (χ1) is 9.74. The van der Waals surface area contributed by atoms with Gasteiger partial charge in [0.15, 0.2) is 0 Å². The van der Waals surface area contributed by atoms with E-state index in [1.54, 1.807) is 11.8 Å². The zero-order valence-electron chi connectivity index (χ0n) is 10.8. The number of hydrogen-bond acceptors (Lipinski definition) is 2. The van der Waals surface area contributed by atoms with Gasteiger partial charge in [-0.05, 0) is 34.5 Å². The second-order valence-corrected chi connectivity index (χ2v) is 6.06. The van der Waals surface area contributed by atoms with Crippen molar-refractivity contribution in [3.05, 3.63) is 71.2 Å². The maximum absolute atomic E-state index is 6.02. The van der Waals surface area contributed by atoms with Gasteiger partial charge < -0.3 is 5.73 Å². The van der Waals surface area contributed by atoms with Gasteiger partial charge in [0, 0.05) is 21.4 Å². The molecule has 0 aromatic heterocycles.